The van der Waals surface area contributed by atoms with E-state index in [1.54, 1.807) is 0 Å². The Balaban J connectivity index is 0.888. The predicted molar refractivity (Wildman–Crippen MR) is 278 cm³/mol. The number of benzene rings is 10. The Labute approximate surface area is 396 Å². The van der Waals surface area contributed by atoms with E-state index in [2.05, 4.69) is 158 Å². The van der Waals surface area contributed by atoms with Crippen LogP contribution in [-0.2, 0) is 5.41 Å². The van der Waals surface area contributed by atoms with Crippen molar-refractivity contribution in [2.45, 2.75) is 5.41 Å². The van der Waals surface area contributed by atoms with Crippen LogP contribution in [0.4, 0.5) is 0 Å². The lowest BCUT2D eigenvalue weighted by Gasteiger charge is -2.32. The summed E-state index contributed by atoms with van der Waals surface area (Å²) in [5.74, 6) is 1.71. The van der Waals surface area contributed by atoms with Crippen molar-refractivity contribution in [3.8, 4) is 78.7 Å². The topological polar surface area (TPSA) is 65.0 Å². The average Bonchev–Trinajstić information content (AvgIpc) is 4.16. The van der Waals surface area contributed by atoms with Gasteiger partial charge >= 0.3 is 0 Å². The fraction of sp³-hybridized carbons (Fsp3) is 0.0156. The molecule has 0 N–H and O–H groups in total. The molecular formula is C64H37N3O2. The van der Waals surface area contributed by atoms with E-state index in [1.165, 1.54) is 55.6 Å². The zero-order chi connectivity index (χ0) is 45.2. The summed E-state index contributed by atoms with van der Waals surface area (Å²) in [5, 5.41) is 4.07. The summed E-state index contributed by atoms with van der Waals surface area (Å²) in [4.78, 5) is 15.5. The summed E-state index contributed by atoms with van der Waals surface area (Å²) >= 11 is 0. The molecule has 320 valence electrons. The van der Waals surface area contributed by atoms with E-state index >= 15 is 0 Å². The first kappa shape index (κ1) is 38.0. The molecule has 69 heavy (non-hydrogen) atoms. The van der Waals surface area contributed by atoms with Crippen molar-refractivity contribution in [3.05, 3.63) is 247 Å². The first-order valence-corrected chi connectivity index (χ1v) is 23.4. The number of hydrogen-bond donors (Lipinski definition) is 0. The van der Waals surface area contributed by atoms with Crippen molar-refractivity contribution < 1.29 is 8.83 Å². The van der Waals surface area contributed by atoms with Crippen LogP contribution in [0.3, 0.4) is 0 Å². The summed E-state index contributed by atoms with van der Waals surface area (Å²) in [6.45, 7) is 0. The SMILES string of the molecule is c1ccc(-c2nc(-c3ccc4c(c3)oc3ccccc34)nc(-c3cccc4oc5ccc(-c6cccc(-c7cccc8c7C7(c9ccccc9-c9ccccc97)c7ccccc7-8)c6)cc5c34)n2)cc1. The second kappa shape index (κ2) is 14.4. The summed E-state index contributed by atoms with van der Waals surface area (Å²) in [6.07, 6.45) is 0. The van der Waals surface area contributed by atoms with Crippen molar-refractivity contribution in [1.29, 1.82) is 0 Å². The normalized spacial score (nSPS) is 13.0. The van der Waals surface area contributed by atoms with Crippen molar-refractivity contribution in [1.82, 2.24) is 15.0 Å². The van der Waals surface area contributed by atoms with Crippen LogP contribution in [0.5, 0.6) is 0 Å². The molecule has 1 spiro atoms. The fourth-order valence-corrected chi connectivity index (χ4v) is 11.7. The maximum atomic E-state index is 6.61. The van der Waals surface area contributed by atoms with Gasteiger partial charge in [0.25, 0.3) is 0 Å². The molecule has 0 radical (unpaired) electrons. The Morgan fingerprint density at radius 1 is 0.275 bits per heavy atom. The van der Waals surface area contributed by atoms with Gasteiger partial charge in [-0.25, -0.2) is 15.0 Å². The van der Waals surface area contributed by atoms with Gasteiger partial charge in [0.1, 0.15) is 22.3 Å². The van der Waals surface area contributed by atoms with E-state index in [1.807, 2.05) is 66.7 Å². The number of fused-ring (bicyclic) bond motifs is 16. The van der Waals surface area contributed by atoms with Crippen LogP contribution in [-0.4, -0.2) is 15.0 Å². The molecule has 5 heteroatoms. The molecule has 0 amide bonds. The molecule has 2 aliphatic carbocycles. The molecule has 0 fully saturated rings. The van der Waals surface area contributed by atoms with Gasteiger partial charge in [-0.1, -0.05) is 182 Å². The van der Waals surface area contributed by atoms with Gasteiger partial charge in [0, 0.05) is 38.2 Å². The van der Waals surface area contributed by atoms with Crippen molar-refractivity contribution in [3.63, 3.8) is 0 Å². The minimum atomic E-state index is -0.452. The van der Waals surface area contributed by atoms with Crippen LogP contribution in [0.1, 0.15) is 22.3 Å². The van der Waals surface area contributed by atoms with Gasteiger partial charge in [0.15, 0.2) is 17.5 Å². The predicted octanol–water partition coefficient (Wildman–Crippen LogP) is 16.3. The molecule has 2 aliphatic rings. The Morgan fingerprint density at radius 2 is 0.783 bits per heavy atom. The Kier molecular flexibility index (Phi) is 7.93. The Hall–Kier alpha value is -9.19. The van der Waals surface area contributed by atoms with Gasteiger partial charge in [-0.05, 0) is 109 Å². The number of rotatable bonds is 5. The molecule has 10 aromatic carbocycles. The number of hydrogen-bond acceptors (Lipinski definition) is 5. The minimum absolute atomic E-state index is 0.452. The summed E-state index contributed by atoms with van der Waals surface area (Å²) in [5.41, 5.74) is 20.5. The first-order valence-electron chi connectivity index (χ1n) is 23.4. The van der Waals surface area contributed by atoms with Crippen molar-refractivity contribution in [2.24, 2.45) is 0 Å². The number of para-hydroxylation sites is 1. The van der Waals surface area contributed by atoms with Gasteiger partial charge in [-0.3, -0.25) is 0 Å². The van der Waals surface area contributed by atoms with E-state index < -0.39 is 5.41 Å². The fourth-order valence-electron chi connectivity index (χ4n) is 11.7. The van der Waals surface area contributed by atoms with E-state index in [4.69, 9.17) is 23.8 Å². The number of furan rings is 2. The van der Waals surface area contributed by atoms with E-state index in [0.717, 1.165) is 71.7 Å². The van der Waals surface area contributed by atoms with Crippen LogP contribution >= 0.6 is 0 Å². The van der Waals surface area contributed by atoms with E-state index in [0.29, 0.717) is 17.5 Å². The molecule has 0 saturated carbocycles. The highest BCUT2D eigenvalue weighted by Gasteiger charge is 2.52. The maximum Gasteiger partial charge on any atom is 0.164 e. The van der Waals surface area contributed by atoms with Crippen LogP contribution < -0.4 is 0 Å². The zero-order valence-corrected chi connectivity index (χ0v) is 37.0. The lowest BCUT2D eigenvalue weighted by atomic mass is 9.68. The third kappa shape index (κ3) is 5.44. The smallest absolute Gasteiger partial charge is 0.164 e. The highest BCUT2D eigenvalue weighted by Crippen LogP contribution is 2.64. The molecule has 0 bridgehead atoms. The highest BCUT2D eigenvalue weighted by atomic mass is 16.3. The molecular weight excluding hydrogens is 843 g/mol. The maximum absolute atomic E-state index is 6.61. The number of nitrogens with zero attached hydrogens (tertiary/aromatic N) is 3. The minimum Gasteiger partial charge on any atom is -0.456 e. The van der Waals surface area contributed by atoms with Crippen LogP contribution in [0, 0.1) is 0 Å². The second-order valence-electron chi connectivity index (χ2n) is 18.2. The number of aromatic nitrogens is 3. The molecule has 0 saturated heterocycles. The Morgan fingerprint density at radius 3 is 1.58 bits per heavy atom. The molecule has 13 aromatic rings. The summed E-state index contributed by atoms with van der Waals surface area (Å²) < 4.78 is 12.9. The third-order valence-electron chi connectivity index (χ3n) is 14.6. The molecule has 0 aliphatic heterocycles. The first-order chi connectivity index (χ1) is 34.2. The van der Waals surface area contributed by atoms with Gasteiger partial charge < -0.3 is 8.83 Å². The quantitative estimate of drug-likeness (QED) is 0.172. The zero-order valence-electron chi connectivity index (χ0n) is 37.0. The lowest BCUT2D eigenvalue weighted by Crippen LogP contribution is -2.26. The summed E-state index contributed by atoms with van der Waals surface area (Å²) in [7, 11) is 0. The van der Waals surface area contributed by atoms with Crippen LogP contribution in [0.15, 0.2) is 233 Å². The average molecular weight is 880 g/mol. The molecule has 5 nitrogen and oxygen atoms in total. The van der Waals surface area contributed by atoms with Gasteiger partial charge in [-0.15, -0.1) is 0 Å². The van der Waals surface area contributed by atoms with Gasteiger partial charge in [0.2, 0.25) is 0 Å². The monoisotopic (exact) mass is 879 g/mol. The third-order valence-corrected chi connectivity index (χ3v) is 14.6. The molecule has 3 aromatic heterocycles. The largest absolute Gasteiger partial charge is 0.456 e. The van der Waals surface area contributed by atoms with Crippen LogP contribution in [0.25, 0.3) is 123 Å². The highest BCUT2D eigenvalue weighted by molar-refractivity contribution is 6.13. The van der Waals surface area contributed by atoms with Gasteiger partial charge in [0.05, 0.1) is 5.41 Å². The molecule has 3 heterocycles. The molecule has 15 rings (SSSR count). The second-order valence-corrected chi connectivity index (χ2v) is 18.2. The molecule has 0 atom stereocenters. The lowest BCUT2D eigenvalue weighted by molar-refractivity contribution is 0.668. The van der Waals surface area contributed by atoms with E-state index in [9.17, 15) is 0 Å². The summed E-state index contributed by atoms with van der Waals surface area (Å²) in [6, 6.07) is 79.9. The van der Waals surface area contributed by atoms with Gasteiger partial charge in [-0.2, -0.15) is 0 Å². The van der Waals surface area contributed by atoms with Crippen LogP contribution in [0.2, 0.25) is 0 Å². The van der Waals surface area contributed by atoms with Crippen molar-refractivity contribution in [2.75, 3.05) is 0 Å². The van der Waals surface area contributed by atoms with E-state index in [-0.39, 0.29) is 0 Å². The molecule has 0 unspecified atom stereocenters. The standard InChI is InChI=1S/C64H37N3O2/c1-2-15-38(16-3-1)61-65-62(42-31-33-48-47-22-7-11-29-55(47)69-58(48)37-42)67-63(66-61)50-25-14-30-57-59(50)51-36-40(32-34-56(51)68-57)39-17-12-18-41(35-39)43-23-13-24-49-46-21-6-10-28-54(46)64(60(43)49)52-26-8-4-19-44(52)45-20-5-9-27-53(45)64/h1-37H. The van der Waals surface area contributed by atoms with Crippen molar-refractivity contribution >= 4 is 43.9 Å². The Bertz CT molecular complexity index is 4210.